The van der Waals surface area contributed by atoms with Crippen LogP contribution in [0.25, 0.3) is 11.5 Å². The van der Waals surface area contributed by atoms with Crippen LogP contribution < -0.4 is 4.74 Å². The van der Waals surface area contributed by atoms with Gasteiger partial charge < -0.3 is 14.4 Å². The second-order valence-electron chi connectivity index (χ2n) is 4.68. The molecule has 0 saturated heterocycles. The van der Waals surface area contributed by atoms with Crippen molar-refractivity contribution in [2.24, 2.45) is 0 Å². The van der Waals surface area contributed by atoms with Crippen molar-refractivity contribution in [3.8, 4) is 17.3 Å². The number of hydrogen-bond donors (Lipinski definition) is 1. The van der Waals surface area contributed by atoms with E-state index in [1.54, 1.807) is 18.3 Å². The Balaban J connectivity index is 2.01. The van der Waals surface area contributed by atoms with E-state index in [0.29, 0.717) is 23.9 Å². The van der Waals surface area contributed by atoms with E-state index in [-0.39, 0.29) is 17.9 Å². The van der Waals surface area contributed by atoms with Gasteiger partial charge in [0, 0.05) is 5.57 Å². The minimum atomic E-state index is -1.09. The molecule has 0 aromatic carbocycles. The molecule has 1 N–H and O–H groups in total. The Morgan fingerprint density at radius 2 is 2.27 bits per heavy atom. The zero-order valence-electron chi connectivity index (χ0n) is 12.3. The second kappa shape index (κ2) is 7.35. The number of hydrogen-bond acceptors (Lipinski definition) is 6. The number of carbonyl (C=O) groups is 1. The molecule has 116 valence electrons. The van der Waals surface area contributed by atoms with Crippen molar-refractivity contribution in [3.63, 3.8) is 0 Å². The topological polar surface area (TPSA) is 98.3 Å². The molecule has 0 aliphatic carbocycles. The summed E-state index contributed by atoms with van der Waals surface area (Å²) in [5.74, 6) is 0.0763. The molecule has 0 unspecified atom stereocenters. The minimum absolute atomic E-state index is 0.000541. The number of pyridine rings is 1. The van der Waals surface area contributed by atoms with E-state index in [1.807, 2.05) is 0 Å². The maximum Gasteiger partial charge on any atom is 0.331 e. The first-order valence-corrected chi connectivity index (χ1v) is 6.93. The summed E-state index contributed by atoms with van der Waals surface area (Å²) >= 11 is 0. The summed E-state index contributed by atoms with van der Waals surface area (Å²) in [5, 5.41) is 12.6. The van der Waals surface area contributed by atoms with Crippen LogP contribution in [0.1, 0.15) is 25.7 Å². The molecule has 2 aromatic heterocycles. The van der Waals surface area contributed by atoms with Crippen molar-refractivity contribution in [2.45, 2.75) is 26.2 Å². The van der Waals surface area contributed by atoms with Crippen molar-refractivity contribution >= 4 is 5.97 Å². The molecule has 7 nitrogen and oxygen atoms in total. The number of aromatic nitrogens is 3. The molecule has 0 atom stereocenters. The van der Waals surface area contributed by atoms with Gasteiger partial charge in [-0.1, -0.05) is 25.1 Å². The van der Waals surface area contributed by atoms with Crippen LogP contribution in [0.4, 0.5) is 0 Å². The zero-order chi connectivity index (χ0) is 15.9. The van der Waals surface area contributed by atoms with Crippen molar-refractivity contribution < 1.29 is 19.2 Å². The van der Waals surface area contributed by atoms with Crippen LogP contribution in [0.15, 0.2) is 35.0 Å². The van der Waals surface area contributed by atoms with Crippen LogP contribution in [0.2, 0.25) is 0 Å². The third kappa shape index (κ3) is 4.15. The Bertz CT molecular complexity index is 649. The fraction of sp³-hybridized carbons (Fsp3) is 0.333. The summed E-state index contributed by atoms with van der Waals surface area (Å²) in [6, 6.07) is 3.51. The first kappa shape index (κ1) is 15.7. The Kier molecular flexibility index (Phi) is 5.24. The normalized spacial score (nSPS) is 10.4. The molecule has 0 saturated carbocycles. The van der Waals surface area contributed by atoms with Crippen LogP contribution in [0.3, 0.4) is 0 Å². The maximum absolute atomic E-state index is 10.7. The molecule has 2 heterocycles. The number of ether oxygens (including phenoxy) is 1. The molecule has 0 amide bonds. The largest absolute Gasteiger partial charge is 0.492 e. The number of unbranched alkanes of at least 4 members (excludes halogenated alkanes) is 1. The average molecular weight is 303 g/mol. The van der Waals surface area contributed by atoms with Gasteiger partial charge in [0.1, 0.15) is 11.4 Å². The monoisotopic (exact) mass is 303 g/mol. The van der Waals surface area contributed by atoms with E-state index < -0.39 is 5.97 Å². The zero-order valence-corrected chi connectivity index (χ0v) is 12.3. The first-order chi connectivity index (χ1) is 10.6. The Morgan fingerprint density at radius 1 is 1.45 bits per heavy atom. The van der Waals surface area contributed by atoms with Gasteiger partial charge in [0.25, 0.3) is 0 Å². The summed E-state index contributed by atoms with van der Waals surface area (Å²) < 4.78 is 10.5. The summed E-state index contributed by atoms with van der Waals surface area (Å²) in [6.07, 6.45) is 3.65. The minimum Gasteiger partial charge on any atom is -0.492 e. The summed E-state index contributed by atoms with van der Waals surface area (Å²) in [5.41, 5.74) is 0.515. The van der Waals surface area contributed by atoms with E-state index in [2.05, 4.69) is 28.6 Å². The van der Waals surface area contributed by atoms with Gasteiger partial charge in [-0.05, 0) is 18.6 Å². The van der Waals surface area contributed by atoms with E-state index in [1.165, 1.54) is 0 Å². The second-order valence-corrected chi connectivity index (χ2v) is 4.68. The molecule has 0 spiro atoms. The highest BCUT2D eigenvalue weighted by molar-refractivity contribution is 5.86. The molecular weight excluding hydrogens is 286 g/mol. The number of carboxylic acids is 1. The van der Waals surface area contributed by atoms with Gasteiger partial charge in [-0.2, -0.15) is 4.98 Å². The van der Waals surface area contributed by atoms with Crippen molar-refractivity contribution in [2.75, 3.05) is 6.61 Å². The average Bonchev–Trinajstić information content (AvgIpc) is 2.96. The predicted octanol–water partition coefficient (Wildman–Crippen LogP) is 2.49. The molecule has 0 radical (unpaired) electrons. The Hall–Kier alpha value is -2.70. The standard InChI is InChI=1S/C15H17N3O4/c1-3-4-7-21-11-5-6-12(16-9-11)14-17-13(22-18-14)8-10(2)15(19)20/h5-6,9H,2-4,7-8H2,1H3,(H,19,20). The number of aliphatic carboxylic acids is 1. The van der Waals surface area contributed by atoms with Crippen LogP contribution in [0.5, 0.6) is 5.75 Å². The lowest BCUT2D eigenvalue weighted by Crippen LogP contribution is -2.02. The predicted molar refractivity (Wildman–Crippen MR) is 78.4 cm³/mol. The van der Waals surface area contributed by atoms with Gasteiger partial charge in [-0.25, -0.2) is 9.78 Å². The van der Waals surface area contributed by atoms with E-state index in [9.17, 15) is 4.79 Å². The highest BCUT2D eigenvalue weighted by atomic mass is 16.5. The molecular formula is C15H17N3O4. The molecule has 0 aliphatic heterocycles. The van der Waals surface area contributed by atoms with Gasteiger partial charge in [0.15, 0.2) is 0 Å². The molecule has 7 heteroatoms. The molecule has 2 rings (SSSR count). The summed E-state index contributed by atoms with van der Waals surface area (Å²) in [6.45, 7) is 6.17. The smallest absolute Gasteiger partial charge is 0.331 e. The van der Waals surface area contributed by atoms with Crippen LogP contribution in [-0.2, 0) is 11.2 Å². The molecule has 22 heavy (non-hydrogen) atoms. The Morgan fingerprint density at radius 3 is 2.91 bits per heavy atom. The van der Waals surface area contributed by atoms with Gasteiger partial charge in [0.05, 0.1) is 19.2 Å². The lowest BCUT2D eigenvalue weighted by Gasteiger charge is -2.04. The fourth-order valence-corrected chi connectivity index (χ4v) is 1.62. The highest BCUT2D eigenvalue weighted by Crippen LogP contribution is 2.17. The molecule has 0 fully saturated rings. The van der Waals surface area contributed by atoms with E-state index >= 15 is 0 Å². The van der Waals surface area contributed by atoms with E-state index in [4.69, 9.17) is 14.4 Å². The summed E-state index contributed by atoms with van der Waals surface area (Å²) in [7, 11) is 0. The van der Waals surface area contributed by atoms with Crippen LogP contribution in [0, 0.1) is 0 Å². The third-order valence-electron chi connectivity index (χ3n) is 2.87. The van der Waals surface area contributed by atoms with Gasteiger partial charge in [-0.15, -0.1) is 0 Å². The highest BCUT2D eigenvalue weighted by Gasteiger charge is 2.13. The van der Waals surface area contributed by atoms with Crippen LogP contribution >= 0.6 is 0 Å². The Labute approximate surface area is 127 Å². The lowest BCUT2D eigenvalue weighted by atomic mass is 10.2. The molecule has 2 aromatic rings. The molecule has 0 bridgehead atoms. The number of carboxylic acid groups (broad SMARTS) is 1. The fourth-order valence-electron chi connectivity index (χ4n) is 1.62. The van der Waals surface area contributed by atoms with Gasteiger partial charge >= 0.3 is 5.97 Å². The van der Waals surface area contributed by atoms with E-state index in [0.717, 1.165) is 12.8 Å². The van der Waals surface area contributed by atoms with Crippen LogP contribution in [-0.4, -0.2) is 32.8 Å². The van der Waals surface area contributed by atoms with Gasteiger partial charge in [-0.3, -0.25) is 0 Å². The maximum atomic E-state index is 10.7. The number of rotatable bonds is 8. The first-order valence-electron chi connectivity index (χ1n) is 6.93. The quantitative estimate of drug-likeness (QED) is 0.591. The number of nitrogens with zero attached hydrogens (tertiary/aromatic N) is 3. The third-order valence-corrected chi connectivity index (χ3v) is 2.87. The summed E-state index contributed by atoms with van der Waals surface area (Å²) in [4.78, 5) is 19.0. The van der Waals surface area contributed by atoms with Crippen molar-refractivity contribution in [1.82, 2.24) is 15.1 Å². The lowest BCUT2D eigenvalue weighted by molar-refractivity contribution is -0.132. The molecule has 0 aliphatic rings. The van der Waals surface area contributed by atoms with Crippen molar-refractivity contribution in [1.29, 1.82) is 0 Å². The van der Waals surface area contributed by atoms with Crippen molar-refractivity contribution in [3.05, 3.63) is 36.4 Å². The van der Waals surface area contributed by atoms with Gasteiger partial charge in [0.2, 0.25) is 11.7 Å². The SMILES string of the molecule is C=C(Cc1nc(-c2ccc(OCCCC)cn2)no1)C(=O)O.